The Morgan fingerprint density at radius 3 is 1.05 bits per heavy atom. The molecule has 0 saturated carbocycles. The Morgan fingerprint density at radius 2 is 0.818 bits per heavy atom. The van der Waals surface area contributed by atoms with E-state index in [1.54, 1.807) is 12.1 Å². The summed E-state index contributed by atoms with van der Waals surface area (Å²) in [5.74, 6) is 0. The molecule has 0 heterocycles. The molecule has 2 aromatic rings. The average Bonchev–Trinajstić information content (AvgIpc) is 2.43. The van der Waals surface area contributed by atoms with E-state index in [-0.39, 0.29) is 21.9 Å². The minimum absolute atomic E-state index is 0.164. The normalized spacial score (nSPS) is 10.5. The highest BCUT2D eigenvalue weighted by molar-refractivity contribution is 6.77. The number of hydrogen-bond donors (Lipinski definition) is 0. The highest BCUT2D eigenvalue weighted by atomic mass is 35.5. The molecule has 0 fully saturated rings. The van der Waals surface area contributed by atoms with E-state index in [1.807, 2.05) is 0 Å². The Bertz CT molecular complexity index is 787. The first-order chi connectivity index (χ1) is 10.3. The Morgan fingerprint density at radius 1 is 0.545 bits per heavy atom. The smallest absolute Gasteiger partial charge is 0.254 e. The summed E-state index contributed by atoms with van der Waals surface area (Å²) in [6, 6.07) is 6.00. The molecular weight excluding hydrogens is 374 g/mol. The van der Waals surface area contributed by atoms with Gasteiger partial charge in [0.05, 0.1) is 22.3 Å². The van der Waals surface area contributed by atoms with Gasteiger partial charge in [0, 0.05) is 0 Å². The van der Waals surface area contributed by atoms with Gasteiger partial charge in [-0.2, -0.15) is 0 Å². The van der Waals surface area contributed by atoms with Crippen molar-refractivity contribution in [1.29, 1.82) is 0 Å². The molecule has 2 rings (SSSR count). The van der Waals surface area contributed by atoms with Gasteiger partial charge in [-0.15, -0.1) is 0 Å². The molecule has 0 saturated heterocycles. The van der Waals surface area contributed by atoms with Crippen molar-refractivity contribution in [3.05, 3.63) is 46.5 Å². The fourth-order valence-corrected chi connectivity index (χ4v) is 3.01. The van der Waals surface area contributed by atoms with Crippen molar-refractivity contribution >= 4 is 78.1 Å². The van der Waals surface area contributed by atoms with Crippen LogP contribution < -0.4 is 0 Å². The van der Waals surface area contributed by atoms with Crippen molar-refractivity contribution in [2.24, 2.45) is 0 Å². The van der Waals surface area contributed by atoms with Crippen LogP contribution >= 0.6 is 46.4 Å². The molecule has 0 aliphatic heterocycles. The zero-order valence-electron chi connectivity index (χ0n) is 10.5. The average molecular weight is 378 g/mol. The molecule has 0 aliphatic carbocycles. The van der Waals surface area contributed by atoms with Gasteiger partial charge in [-0.1, -0.05) is 24.3 Å². The predicted molar refractivity (Wildman–Crippen MR) is 84.7 cm³/mol. The third-order valence-electron chi connectivity index (χ3n) is 3.00. The number of carbonyl (C=O) groups is 4. The summed E-state index contributed by atoms with van der Waals surface area (Å²) in [7, 11) is 0. The maximum Gasteiger partial charge on any atom is 0.254 e. The van der Waals surface area contributed by atoms with Crippen molar-refractivity contribution in [3.8, 4) is 0 Å². The summed E-state index contributed by atoms with van der Waals surface area (Å²) in [6.07, 6.45) is 0. The molecule has 0 amide bonds. The maximum absolute atomic E-state index is 11.7. The van der Waals surface area contributed by atoms with E-state index in [4.69, 9.17) is 46.4 Å². The second-order valence-electron chi connectivity index (χ2n) is 4.14. The number of benzene rings is 2. The first-order valence-corrected chi connectivity index (χ1v) is 7.16. The zero-order chi connectivity index (χ0) is 16.6. The molecule has 0 aliphatic rings. The molecule has 112 valence electrons. The predicted octanol–water partition coefficient (Wildman–Crippen LogP) is 4.36. The van der Waals surface area contributed by atoms with Gasteiger partial charge in [-0.05, 0) is 57.2 Å². The van der Waals surface area contributed by atoms with E-state index in [1.165, 1.54) is 12.1 Å². The number of rotatable bonds is 4. The molecule has 0 N–H and O–H groups in total. The third kappa shape index (κ3) is 2.75. The Balaban J connectivity index is 3.25. The van der Waals surface area contributed by atoms with Crippen molar-refractivity contribution in [1.82, 2.24) is 0 Å². The lowest BCUT2D eigenvalue weighted by atomic mass is 9.90. The monoisotopic (exact) mass is 376 g/mol. The number of fused-ring (bicyclic) bond motifs is 1. The molecular formula is C14H4Cl4O4. The van der Waals surface area contributed by atoms with E-state index >= 15 is 0 Å². The first kappa shape index (κ1) is 16.9. The van der Waals surface area contributed by atoms with Crippen LogP contribution in [0, 0.1) is 0 Å². The van der Waals surface area contributed by atoms with Crippen molar-refractivity contribution in [2.75, 3.05) is 0 Å². The lowest BCUT2D eigenvalue weighted by Crippen LogP contribution is -2.14. The molecule has 0 radical (unpaired) electrons. The van der Waals surface area contributed by atoms with Gasteiger partial charge in [0.1, 0.15) is 0 Å². The topological polar surface area (TPSA) is 68.3 Å². The molecule has 22 heavy (non-hydrogen) atoms. The highest BCUT2D eigenvalue weighted by Crippen LogP contribution is 2.34. The van der Waals surface area contributed by atoms with E-state index in [0.29, 0.717) is 0 Å². The Labute approximate surface area is 143 Å². The minimum atomic E-state index is -1.15. The zero-order valence-corrected chi connectivity index (χ0v) is 13.5. The third-order valence-corrected chi connectivity index (χ3v) is 3.76. The largest absolute Gasteiger partial charge is 0.276 e. The van der Waals surface area contributed by atoms with Crippen molar-refractivity contribution in [3.63, 3.8) is 0 Å². The van der Waals surface area contributed by atoms with Crippen LogP contribution in [0.25, 0.3) is 10.8 Å². The molecule has 0 atom stereocenters. The van der Waals surface area contributed by atoms with Gasteiger partial charge in [0.25, 0.3) is 21.0 Å². The van der Waals surface area contributed by atoms with Crippen molar-refractivity contribution in [2.45, 2.75) is 0 Å². The summed E-state index contributed by atoms with van der Waals surface area (Å²) in [6.45, 7) is 0. The van der Waals surface area contributed by atoms with Gasteiger partial charge in [0.2, 0.25) is 0 Å². The summed E-state index contributed by atoms with van der Waals surface area (Å²) < 4.78 is 0. The van der Waals surface area contributed by atoms with Crippen LogP contribution in [0.4, 0.5) is 0 Å². The second-order valence-corrected chi connectivity index (χ2v) is 5.51. The SMILES string of the molecule is O=C(Cl)c1c(C(=O)Cl)c(C(=O)Cl)c2ccccc2c1C(=O)Cl. The fourth-order valence-electron chi connectivity index (χ4n) is 2.24. The lowest BCUT2D eigenvalue weighted by Gasteiger charge is -2.14. The highest BCUT2D eigenvalue weighted by Gasteiger charge is 2.30. The van der Waals surface area contributed by atoms with Crippen LogP contribution in [0.2, 0.25) is 0 Å². The van der Waals surface area contributed by atoms with Crippen LogP contribution in [-0.2, 0) is 0 Å². The van der Waals surface area contributed by atoms with Crippen molar-refractivity contribution < 1.29 is 19.2 Å². The molecule has 0 aromatic heterocycles. The molecule has 8 heteroatoms. The Kier molecular flexibility index (Phi) is 4.87. The van der Waals surface area contributed by atoms with E-state index < -0.39 is 32.1 Å². The van der Waals surface area contributed by atoms with Crippen LogP contribution in [0.5, 0.6) is 0 Å². The number of halogens is 4. The molecule has 0 bridgehead atoms. The van der Waals surface area contributed by atoms with Crippen LogP contribution in [0.1, 0.15) is 41.4 Å². The quantitative estimate of drug-likeness (QED) is 0.742. The van der Waals surface area contributed by atoms with Gasteiger partial charge in [-0.25, -0.2) is 0 Å². The summed E-state index contributed by atoms with van der Waals surface area (Å²) in [5.41, 5.74) is -1.68. The standard InChI is InChI=1S/C14H4Cl4O4/c15-11(19)7-5-3-1-2-4-6(5)8(12(16)20)10(14(18)22)9(7)13(17)21/h1-4H. The minimum Gasteiger partial charge on any atom is -0.276 e. The van der Waals surface area contributed by atoms with E-state index in [0.717, 1.165) is 0 Å². The molecule has 0 spiro atoms. The van der Waals surface area contributed by atoms with Gasteiger partial charge >= 0.3 is 0 Å². The lowest BCUT2D eigenvalue weighted by molar-refractivity contribution is 0.103. The first-order valence-electron chi connectivity index (χ1n) is 5.65. The maximum atomic E-state index is 11.7. The van der Waals surface area contributed by atoms with Crippen LogP contribution in [0.3, 0.4) is 0 Å². The van der Waals surface area contributed by atoms with Gasteiger partial charge in [0.15, 0.2) is 0 Å². The fraction of sp³-hybridized carbons (Fsp3) is 0. The van der Waals surface area contributed by atoms with Crippen LogP contribution in [0.15, 0.2) is 24.3 Å². The molecule has 4 nitrogen and oxygen atoms in total. The Hall–Kier alpha value is -1.46. The molecule has 0 unspecified atom stereocenters. The number of carbonyl (C=O) groups excluding carboxylic acids is 4. The van der Waals surface area contributed by atoms with Gasteiger partial charge < -0.3 is 0 Å². The van der Waals surface area contributed by atoms with Gasteiger partial charge in [-0.3, -0.25) is 19.2 Å². The second kappa shape index (κ2) is 6.34. The van der Waals surface area contributed by atoms with E-state index in [9.17, 15) is 19.2 Å². The van der Waals surface area contributed by atoms with Crippen LogP contribution in [-0.4, -0.2) is 21.0 Å². The van der Waals surface area contributed by atoms with E-state index in [2.05, 4.69) is 0 Å². The number of hydrogen-bond acceptors (Lipinski definition) is 4. The summed E-state index contributed by atoms with van der Waals surface area (Å²) in [5, 5.41) is -4.02. The summed E-state index contributed by atoms with van der Waals surface area (Å²) in [4.78, 5) is 46.9. The summed E-state index contributed by atoms with van der Waals surface area (Å²) >= 11 is 22.0. The molecule has 2 aromatic carbocycles.